The van der Waals surface area contributed by atoms with Crippen LogP contribution in [0.5, 0.6) is 5.75 Å². The van der Waals surface area contributed by atoms with Gasteiger partial charge in [0.25, 0.3) is 16.1 Å². The van der Waals surface area contributed by atoms with Crippen molar-refractivity contribution in [2.45, 2.75) is 18.9 Å². The van der Waals surface area contributed by atoms with Gasteiger partial charge in [-0.15, -0.1) is 0 Å². The summed E-state index contributed by atoms with van der Waals surface area (Å²) in [7, 11) is -3.70. The van der Waals surface area contributed by atoms with Crippen molar-refractivity contribution >= 4 is 39.3 Å². The van der Waals surface area contributed by atoms with E-state index in [9.17, 15) is 18.3 Å². The number of aromatic hydroxyl groups is 1. The van der Waals surface area contributed by atoms with Gasteiger partial charge in [0.05, 0.1) is 10.6 Å². The molecule has 1 aromatic rings. The van der Waals surface area contributed by atoms with Gasteiger partial charge in [0, 0.05) is 24.2 Å². The number of halogens is 2. The molecule has 0 bridgehead atoms. The molecule has 4 N–H and O–H groups in total. The predicted octanol–water partition coefficient (Wildman–Crippen LogP) is 1.10. The van der Waals surface area contributed by atoms with E-state index < -0.39 is 16.1 Å². The fourth-order valence-corrected chi connectivity index (χ4v) is 3.47. The molecule has 1 saturated heterocycles. The van der Waals surface area contributed by atoms with Gasteiger partial charge in [0.2, 0.25) is 0 Å². The molecule has 0 aromatic heterocycles. The van der Waals surface area contributed by atoms with Gasteiger partial charge in [-0.2, -0.15) is 12.7 Å². The molecule has 0 unspecified atom stereocenters. The van der Waals surface area contributed by atoms with Crippen molar-refractivity contribution in [3.63, 3.8) is 0 Å². The van der Waals surface area contributed by atoms with Crippen molar-refractivity contribution in [1.82, 2.24) is 9.62 Å². The molecular formula is C12H15Cl2N3O4S. The van der Waals surface area contributed by atoms with Gasteiger partial charge in [-0.25, -0.2) is 5.14 Å². The number of nitrogens with two attached hydrogens (primary N) is 1. The van der Waals surface area contributed by atoms with Crippen LogP contribution >= 0.6 is 23.2 Å². The van der Waals surface area contributed by atoms with Gasteiger partial charge in [0.1, 0.15) is 5.75 Å². The smallest absolute Gasteiger partial charge is 0.276 e. The summed E-state index contributed by atoms with van der Waals surface area (Å²) in [4.78, 5) is 12.2. The second-order valence-electron chi connectivity index (χ2n) is 4.98. The molecule has 10 heteroatoms. The fourth-order valence-electron chi connectivity index (χ4n) is 2.26. The van der Waals surface area contributed by atoms with Crippen molar-refractivity contribution < 1.29 is 18.3 Å². The minimum Gasteiger partial charge on any atom is -0.506 e. The molecule has 0 radical (unpaired) electrons. The summed E-state index contributed by atoms with van der Waals surface area (Å²) in [5.74, 6) is -0.860. The number of phenols is 1. The lowest BCUT2D eigenvalue weighted by Crippen LogP contribution is -2.48. The normalized spacial score (nSPS) is 17.4. The largest absolute Gasteiger partial charge is 0.506 e. The summed E-state index contributed by atoms with van der Waals surface area (Å²) in [5, 5.41) is 17.8. The number of nitrogens with one attached hydrogen (secondary N) is 1. The lowest BCUT2D eigenvalue weighted by atomic mass is 10.1. The third kappa shape index (κ3) is 4.02. The highest BCUT2D eigenvalue weighted by atomic mass is 35.5. The zero-order chi connectivity index (χ0) is 16.5. The van der Waals surface area contributed by atoms with E-state index >= 15 is 0 Å². The van der Waals surface area contributed by atoms with E-state index in [-0.39, 0.29) is 40.5 Å². The molecule has 0 aliphatic carbocycles. The Labute approximate surface area is 138 Å². The molecule has 1 heterocycles. The van der Waals surface area contributed by atoms with Crippen LogP contribution in [0.1, 0.15) is 23.2 Å². The zero-order valence-electron chi connectivity index (χ0n) is 11.4. The Morgan fingerprint density at radius 3 is 2.45 bits per heavy atom. The van der Waals surface area contributed by atoms with Crippen LogP contribution in [0.15, 0.2) is 12.1 Å². The first kappa shape index (κ1) is 17.3. The number of nitrogens with zero attached hydrogens (tertiary/aromatic N) is 1. The maximum Gasteiger partial charge on any atom is 0.276 e. The molecule has 1 fully saturated rings. The van der Waals surface area contributed by atoms with Gasteiger partial charge in [-0.1, -0.05) is 23.2 Å². The van der Waals surface area contributed by atoms with E-state index in [1.807, 2.05) is 0 Å². The van der Waals surface area contributed by atoms with Crippen LogP contribution in [-0.4, -0.2) is 42.9 Å². The molecule has 1 amide bonds. The van der Waals surface area contributed by atoms with E-state index in [0.717, 1.165) is 4.31 Å². The molecule has 1 aromatic carbocycles. The van der Waals surface area contributed by atoms with Crippen LogP contribution in [0.3, 0.4) is 0 Å². The highest BCUT2D eigenvalue weighted by molar-refractivity contribution is 7.86. The number of carbonyl (C=O) groups is 1. The highest BCUT2D eigenvalue weighted by Crippen LogP contribution is 2.31. The number of benzene rings is 1. The Kier molecular flexibility index (Phi) is 5.18. The second kappa shape index (κ2) is 6.59. The van der Waals surface area contributed by atoms with Crippen molar-refractivity contribution in [3.8, 4) is 5.75 Å². The average Bonchev–Trinajstić information content (AvgIpc) is 2.42. The SMILES string of the molecule is NS(=O)(=O)N1CCC(NC(=O)c2cc(Cl)cc(Cl)c2O)CC1. The fraction of sp³-hybridized carbons (Fsp3) is 0.417. The predicted molar refractivity (Wildman–Crippen MR) is 83.3 cm³/mol. The number of rotatable bonds is 3. The summed E-state index contributed by atoms with van der Waals surface area (Å²) in [5.41, 5.74) is -0.0219. The molecule has 0 spiro atoms. The molecule has 0 saturated carbocycles. The zero-order valence-corrected chi connectivity index (χ0v) is 13.7. The summed E-state index contributed by atoms with van der Waals surface area (Å²) >= 11 is 11.6. The highest BCUT2D eigenvalue weighted by Gasteiger charge is 2.27. The maximum atomic E-state index is 12.2. The first-order valence-electron chi connectivity index (χ1n) is 6.45. The quantitative estimate of drug-likeness (QED) is 0.741. The minimum atomic E-state index is -3.70. The Morgan fingerprint density at radius 1 is 1.32 bits per heavy atom. The van der Waals surface area contributed by atoms with Gasteiger partial charge in [-0.05, 0) is 25.0 Å². The van der Waals surface area contributed by atoms with E-state index in [1.165, 1.54) is 12.1 Å². The molecule has 1 aliphatic rings. The van der Waals surface area contributed by atoms with Crippen molar-refractivity contribution in [2.24, 2.45) is 5.14 Å². The number of carbonyl (C=O) groups excluding carboxylic acids is 1. The van der Waals surface area contributed by atoms with Crippen molar-refractivity contribution in [3.05, 3.63) is 27.7 Å². The average molecular weight is 368 g/mol. The summed E-state index contributed by atoms with van der Waals surface area (Å²) in [6.07, 6.45) is 0.856. The lowest BCUT2D eigenvalue weighted by Gasteiger charge is -2.30. The van der Waals surface area contributed by atoms with Crippen LogP contribution < -0.4 is 10.5 Å². The van der Waals surface area contributed by atoms with E-state index in [1.54, 1.807) is 0 Å². The van der Waals surface area contributed by atoms with Crippen LogP contribution in [0.4, 0.5) is 0 Å². The Balaban J connectivity index is 2.03. The topological polar surface area (TPSA) is 113 Å². The van der Waals surface area contributed by atoms with E-state index in [4.69, 9.17) is 28.3 Å². The summed E-state index contributed by atoms with van der Waals surface area (Å²) in [6, 6.07) is 2.43. The minimum absolute atomic E-state index is 0.0123. The number of phenolic OH excluding ortho intramolecular Hbond substituents is 1. The third-order valence-electron chi connectivity index (χ3n) is 3.42. The monoisotopic (exact) mass is 367 g/mol. The van der Waals surface area contributed by atoms with Crippen LogP contribution in [0.25, 0.3) is 0 Å². The Hall–Kier alpha value is -1.06. The van der Waals surface area contributed by atoms with Gasteiger partial charge < -0.3 is 10.4 Å². The third-order valence-corrected chi connectivity index (χ3v) is 5.01. The molecule has 122 valence electrons. The maximum absolute atomic E-state index is 12.2. The van der Waals surface area contributed by atoms with Crippen LogP contribution in [-0.2, 0) is 10.2 Å². The van der Waals surface area contributed by atoms with Gasteiger partial charge >= 0.3 is 0 Å². The molecule has 2 rings (SSSR count). The van der Waals surface area contributed by atoms with Crippen LogP contribution in [0, 0.1) is 0 Å². The molecular weight excluding hydrogens is 353 g/mol. The van der Waals surface area contributed by atoms with Crippen LogP contribution in [0.2, 0.25) is 10.0 Å². The Morgan fingerprint density at radius 2 is 1.91 bits per heavy atom. The molecule has 7 nitrogen and oxygen atoms in total. The summed E-state index contributed by atoms with van der Waals surface area (Å²) in [6.45, 7) is 0.456. The number of hydrogen-bond acceptors (Lipinski definition) is 4. The first-order valence-corrected chi connectivity index (χ1v) is 8.71. The van der Waals surface area contributed by atoms with Gasteiger partial charge in [-0.3, -0.25) is 4.79 Å². The summed E-state index contributed by atoms with van der Waals surface area (Å²) < 4.78 is 23.6. The van der Waals surface area contributed by atoms with E-state index in [0.29, 0.717) is 12.8 Å². The number of hydrogen-bond donors (Lipinski definition) is 3. The number of amides is 1. The standard InChI is InChI=1S/C12H15Cl2N3O4S/c13-7-5-9(11(18)10(14)6-7)12(19)16-8-1-3-17(4-2-8)22(15,20)21/h5-6,8,18H,1-4H2,(H,16,19)(H2,15,20,21). The first-order chi connectivity index (χ1) is 10.2. The second-order valence-corrected chi connectivity index (χ2v) is 7.37. The molecule has 1 aliphatic heterocycles. The van der Waals surface area contributed by atoms with Crippen molar-refractivity contribution in [2.75, 3.05) is 13.1 Å². The van der Waals surface area contributed by atoms with E-state index in [2.05, 4.69) is 5.32 Å². The molecule has 0 atom stereocenters. The Bertz CT molecular complexity index is 688. The lowest BCUT2D eigenvalue weighted by molar-refractivity contribution is 0.0921. The van der Waals surface area contributed by atoms with Crippen molar-refractivity contribution in [1.29, 1.82) is 0 Å². The molecule has 22 heavy (non-hydrogen) atoms. The van der Waals surface area contributed by atoms with Gasteiger partial charge in [0.15, 0.2) is 0 Å². The number of piperidine rings is 1.